The molecule has 0 bridgehead atoms. The van der Waals surface area contributed by atoms with Crippen LogP contribution >= 0.6 is 23.1 Å². The molecule has 176 valence electrons. The number of carbonyl (C=O) groups excluding carboxylic acids is 1. The molecule has 0 radical (unpaired) electrons. The van der Waals surface area contributed by atoms with Gasteiger partial charge in [-0.1, -0.05) is 30.4 Å². The molecule has 1 aliphatic heterocycles. The second kappa shape index (κ2) is 11.2. The van der Waals surface area contributed by atoms with Gasteiger partial charge < -0.3 is 14.2 Å². The Bertz CT molecular complexity index is 1060. The first-order chi connectivity index (χ1) is 16.2. The van der Waals surface area contributed by atoms with E-state index in [-0.39, 0.29) is 5.91 Å². The molecule has 2 aromatic carbocycles. The Morgan fingerprint density at radius 3 is 2.61 bits per heavy atom. The number of carbonyl (C=O) groups is 1. The molecule has 1 fully saturated rings. The number of amides is 1. The summed E-state index contributed by atoms with van der Waals surface area (Å²) in [7, 11) is 3.26. The first-order valence-electron chi connectivity index (χ1n) is 11.0. The number of methoxy groups -OCH3 is 2. The van der Waals surface area contributed by atoms with Crippen molar-refractivity contribution >= 4 is 44.4 Å². The van der Waals surface area contributed by atoms with Crippen molar-refractivity contribution in [2.45, 2.75) is 11.8 Å². The summed E-state index contributed by atoms with van der Waals surface area (Å²) in [5.74, 6) is 2.23. The van der Waals surface area contributed by atoms with Gasteiger partial charge >= 0.3 is 0 Å². The van der Waals surface area contributed by atoms with Crippen LogP contribution in [0.25, 0.3) is 10.2 Å². The van der Waals surface area contributed by atoms with E-state index < -0.39 is 0 Å². The lowest BCUT2D eigenvalue weighted by Crippen LogP contribution is -2.43. The maximum atomic E-state index is 13.9. The second-order valence-corrected chi connectivity index (χ2v) is 9.77. The maximum Gasteiger partial charge on any atom is 0.261 e. The average Bonchev–Trinajstić information content (AvgIpc) is 3.30. The highest BCUT2D eigenvalue weighted by molar-refractivity contribution is 7.99. The van der Waals surface area contributed by atoms with Crippen molar-refractivity contribution in [2.75, 3.05) is 64.3 Å². The SMILES string of the molecule is CCSc1ccccc1C(=O)N(CCN1CCOCC1)c1nc2c(OC)ccc(OC)c2s1. The first kappa shape index (κ1) is 23.8. The zero-order valence-corrected chi connectivity index (χ0v) is 20.8. The molecule has 33 heavy (non-hydrogen) atoms. The van der Waals surface area contributed by atoms with Crippen molar-refractivity contribution < 1.29 is 19.0 Å². The van der Waals surface area contributed by atoms with Crippen LogP contribution in [-0.2, 0) is 4.74 Å². The number of nitrogens with zero attached hydrogens (tertiary/aromatic N) is 3. The number of aromatic nitrogens is 1. The number of morpholine rings is 1. The van der Waals surface area contributed by atoms with Crippen molar-refractivity contribution in [1.29, 1.82) is 0 Å². The summed E-state index contributed by atoms with van der Waals surface area (Å²) >= 11 is 3.13. The topological polar surface area (TPSA) is 64.1 Å². The minimum Gasteiger partial charge on any atom is -0.495 e. The van der Waals surface area contributed by atoms with Gasteiger partial charge in [0.25, 0.3) is 5.91 Å². The van der Waals surface area contributed by atoms with E-state index in [9.17, 15) is 4.79 Å². The van der Waals surface area contributed by atoms with Crippen LogP contribution in [0.4, 0.5) is 5.13 Å². The fourth-order valence-corrected chi connectivity index (χ4v) is 5.71. The van der Waals surface area contributed by atoms with Crippen LogP contribution in [0.5, 0.6) is 11.5 Å². The van der Waals surface area contributed by atoms with E-state index in [1.54, 1.807) is 30.9 Å². The number of benzene rings is 2. The van der Waals surface area contributed by atoms with Gasteiger partial charge in [0.05, 0.1) is 33.0 Å². The van der Waals surface area contributed by atoms with E-state index >= 15 is 0 Å². The molecule has 4 rings (SSSR count). The third-order valence-electron chi connectivity index (χ3n) is 5.54. The molecular weight excluding hydrogens is 458 g/mol. The van der Waals surface area contributed by atoms with Crippen LogP contribution in [0, 0.1) is 0 Å². The number of hydrogen-bond donors (Lipinski definition) is 0. The summed E-state index contributed by atoms with van der Waals surface area (Å²) in [5, 5.41) is 0.641. The highest BCUT2D eigenvalue weighted by Crippen LogP contribution is 2.40. The van der Waals surface area contributed by atoms with E-state index in [1.165, 1.54) is 11.3 Å². The van der Waals surface area contributed by atoms with Crippen LogP contribution in [0.1, 0.15) is 17.3 Å². The van der Waals surface area contributed by atoms with Crippen LogP contribution in [0.2, 0.25) is 0 Å². The van der Waals surface area contributed by atoms with Gasteiger partial charge in [-0.15, -0.1) is 11.8 Å². The Morgan fingerprint density at radius 2 is 1.88 bits per heavy atom. The minimum atomic E-state index is -0.0446. The van der Waals surface area contributed by atoms with Gasteiger partial charge in [-0.2, -0.15) is 0 Å². The number of anilines is 1. The molecule has 0 saturated carbocycles. The van der Waals surface area contributed by atoms with Crippen molar-refractivity contribution in [3.05, 3.63) is 42.0 Å². The number of rotatable bonds is 9. The molecule has 9 heteroatoms. The largest absolute Gasteiger partial charge is 0.495 e. The Hall–Kier alpha value is -2.33. The normalized spacial score (nSPS) is 14.4. The highest BCUT2D eigenvalue weighted by atomic mass is 32.2. The molecule has 1 aliphatic rings. The molecule has 0 N–H and O–H groups in total. The Balaban J connectivity index is 1.73. The van der Waals surface area contributed by atoms with E-state index in [2.05, 4.69) is 11.8 Å². The van der Waals surface area contributed by atoms with Crippen molar-refractivity contribution in [3.63, 3.8) is 0 Å². The summed E-state index contributed by atoms with van der Waals surface area (Å²) in [5.41, 5.74) is 1.40. The molecule has 0 atom stereocenters. The summed E-state index contributed by atoms with van der Waals surface area (Å²) in [6, 6.07) is 11.5. The fourth-order valence-electron chi connectivity index (χ4n) is 3.81. The predicted molar refractivity (Wildman–Crippen MR) is 134 cm³/mol. The van der Waals surface area contributed by atoms with Gasteiger partial charge in [0.2, 0.25) is 0 Å². The molecule has 1 amide bonds. The van der Waals surface area contributed by atoms with Crippen molar-refractivity contribution in [1.82, 2.24) is 9.88 Å². The second-order valence-electron chi connectivity index (χ2n) is 7.48. The predicted octanol–water partition coefficient (Wildman–Crippen LogP) is 4.40. The van der Waals surface area contributed by atoms with Gasteiger partial charge in [-0.05, 0) is 30.0 Å². The van der Waals surface area contributed by atoms with E-state index in [0.29, 0.717) is 28.5 Å². The van der Waals surface area contributed by atoms with Crippen LogP contribution in [-0.4, -0.2) is 75.2 Å². The quantitative estimate of drug-likeness (QED) is 0.415. The van der Waals surface area contributed by atoms with Gasteiger partial charge in [0.15, 0.2) is 5.13 Å². The number of thioether (sulfide) groups is 1. The van der Waals surface area contributed by atoms with E-state index in [1.807, 2.05) is 36.4 Å². The Labute approximate surface area is 202 Å². The monoisotopic (exact) mass is 487 g/mol. The lowest BCUT2D eigenvalue weighted by molar-refractivity contribution is 0.0391. The average molecular weight is 488 g/mol. The maximum absolute atomic E-state index is 13.9. The molecule has 3 aromatic rings. The summed E-state index contributed by atoms with van der Waals surface area (Å²) in [4.78, 5) is 23.8. The third kappa shape index (κ3) is 5.27. The summed E-state index contributed by atoms with van der Waals surface area (Å²) in [6.07, 6.45) is 0. The Kier molecular flexibility index (Phi) is 8.08. The zero-order chi connectivity index (χ0) is 23.2. The van der Waals surface area contributed by atoms with Gasteiger partial charge in [-0.3, -0.25) is 14.6 Å². The van der Waals surface area contributed by atoms with Crippen LogP contribution in [0.3, 0.4) is 0 Å². The van der Waals surface area contributed by atoms with Crippen molar-refractivity contribution in [2.24, 2.45) is 0 Å². The first-order valence-corrected chi connectivity index (χ1v) is 12.8. The minimum absolute atomic E-state index is 0.0446. The summed E-state index contributed by atoms with van der Waals surface area (Å²) in [6.45, 7) is 6.56. The number of ether oxygens (including phenoxy) is 3. The zero-order valence-electron chi connectivity index (χ0n) is 19.2. The smallest absolute Gasteiger partial charge is 0.261 e. The molecule has 1 saturated heterocycles. The summed E-state index contributed by atoms with van der Waals surface area (Å²) < 4.78 is 17.4. The molecule has 1 aromatic heterocycles. The number of thiazole rings is 1. The standard InChI is InChI=1S/C24H29N3O4S2/c1-4-32-20-8-6-5-7-17(20)23(28)27(12-11-26-13-15-31-16-14-26)24-25-21-18(29-2)9-10-19(30-3)22(21)33-24/h5-10H,4,11-16H2,1-3H3. The van der Waals surface area contributed by atoms with E-state index in [4.69, 9.17) is 19.2 Å². The third-order valence-corrected chi connectivity index (χ3v) is 7.58. The van der Waals surface area contributed by atoms with E-state index in [0.717, 1.165) is 53.9 Å². The molecule has 0 aliphatic carbocycles. The van der Waals surface area contributed by atoms with Crippen LogP contribution in [0.15, 0.2) is 41.3 Å². The highest BCUT2D eigenvalue weighted by Gasteiger charge is 2.26. The number of hydrogen-bond acceptors (Lipinski definition) is 8. The van der Waals surface area contributed by atoms with Gasteiger partial charge in [0, 0.05) is 31.1 Å². The van der Waals surface area contributed by atoms with Crippen molar-refractivity contribution in [3.8, 4) is 11.5 Å². The Morgan fingerprint density at radius 1 is 1.15 bits per heavy atom. The van der Waals surface area contributed by atoms with Crippen LogP contribution < -0.4 is 14.4 Å². The lowest BCUT2D eigenvalue weighted by atomic mass is 10.2. The van der Waals surface area contributed by atoms with Gasteiger partial charge in [-0.25, -0.2) is 4.98 Å². The molecule has 0 unspecified atom stereocenters. The number of fused-ring (bicyclic) bond motifs is 1. The lowest BCUT2D eigenvalue weighted by Gasteiger charge is -2.29. The molecule has 7 nitrogen and oxygen atoms in total. The molecule has 0 spiro atoms. The van der Waals surface area contributed by atoms with Gasteiger partial charge in [0.1, 0.15) is 21.7 Å². The molecular formula is C24H29N3O4S2. The molecule has 2 heterocycles. The fraction of sp³-hybridized carbons (Fsp3) is 0.417.